The zero-order valence-electron chi connectivity index (χ0n) is 9.75. The van der Waals surface area contributed by atoms with Gasteiger partial charge in [-0.1, -0.05) is 29.3 Å². The second-order valence-corrected chi connectivity index (χ2v) is 4.74. The molecule has 19 heavy (non-hydrogen) atoms. The van der Waals surface area contributed by atoms with Crippen molar-refractivity contribution in [1.82, 2.24) is 0 Å². The van der Waals surface area contributed by atoms with E-state index >= 15 is 0 Å². The molecule has 0 bridgehead atoms. The Kier molecular flexibility index (Phi) is 4.26. The number of anilines is 1. The standard InChI is InChI=1S/C14H9Cl2FN2/c15-11-3-4-13(17)14(6-11)19-8-10-2-1-9(7-18)5-12(10)16/h1-6,19H,8H2. The predicted molar refractivity (Wildman–Crippen MR) is 74.9 cm³/mol. The molecule has 0 saturated carbocycles. The average Bonchev–Trinajstić information content (AvgIpc) is 2.40. The van der Waals surface area contributed by atoms with E-state index in [2.05, 4.69) is 5.32 Å². The van der Waals surface area contributed by atoms with E-state index in [9.17, 15) is 4.39 Å². The number of nitriles is 1. The zero-order chi connectivity index (χ0) is 13.8. The maximum atomic E-state index is 13.5. The van der Waals surface area contributed by atoms with E-state index in [0.29, 0.717) is 27.8 Å². The number of benzene rings is 2. The van der Waals surface area contributed by atoms with E-state index in [1.807, 2.05) is 6.07 Å². The molecular weight excluding hydrogens is 286 g/mol. The van der Waals surface area contributed by atoms with Gasteiger partial charge in [0.25, 0.3) is 0 Å². The van der Waals surface area contributed by atoms with Crippen LogP contribution in [0.15, 0.2) is 36.4 Å². The van der Waals surface area contributed by atoms with Crippen LogP contribution < -0.4 is 5.32 Å². The van der Waals surface area contributed by atoms with E-state index in [1.54, 1.807) is 18.2 Å². The molecule has 0 heterocycles. The molecule has 0 unspecified atom stereocenters. The van der Waals surface area contributed by atoms with Gasteiger partial charge in [0, 0.05) is 16.6 Å². The van der Waals surface area contributed by atoms with Gasteiger partial charge in [-0.2, -0.15) is 5.26 Å². The lowest BCUT2D eigenvalue weighted by molar-refractivity contribution is 0.630. The minimum absolute atomic E-state index is 0.313. The van der Waals surface area contributed by atoms with E-state index in [0.717, 1.165) is 5.56 Å². The van der Waals surface area contributed by atoms with Crippen LogP contribution in [0.3, 0.4) is 0 Å². The Morgan fingerprint density at radius 2 is 1.95 bits per heavy atom. The molecule has 2 nitrogen and oxygen atoms in total. The highest BCUT2D eigenvalue weighted by Gasteiger charge is 2.05. The fourth-order valence-electron chi connectivity index (χ4n) is 1.58. The Bertz CT molecular complexity index is 650. The van der Waals surface area contributed by atoms with E-state index in [1.165, 1.54) is 18.2 Å². The van der Waals surface area contributed by atoms with Crippen LogP contribution in [0, 0.1) is 17.1 Å². The second-order valence-electron chi connectivity index (χ2n) is 3.90. The van der Waals surface area contributed by atoms with Crippen molar-refractivity contribution in [3.8, 4) is 6.07 Å². The minimum atomic E-state index is -0.380. The van der Waals surface area contributed by atoms with Crippen molar-refractivity contribution in [3.05, 3.63) is 63.4 Å². The van der Waals surface area contributed by atoms with Gasteiger partial charge in [0.2, 0.25) is 0 Å². The molecule has 2 aromatic rings. The molecule has 2 rings (SSSR count). The summed E-state index contributed by atoms with van der Waals surface area (Å²) in [7, 11) is 0. The van der Waals surface area contributed by atoms with Crippen LogP contribution in [-0.2, 0) is 6.54 Å². The van der Waals surface area contributed by atoms with Crippen molar-refractivity contribution >= 4 is 28.9 Å². The van der Waals surface area contributed by atoms with Crippen molar-refractivity contribution in [2.75, 3.05) is 5.32 Å². The number of nitrogens with one attached hydrogen (secondary N) is 1. The van der Waals surface area contributed by atoms with Gasteiger partial charge in [0.05, 0.1) is 17.3 Å². The summed E-state index contributed by atoms with van der Waals surface area (Å²) in [4.78, 5) is 0. The number of hydrogen-bond acceptors (Lipinski definition) is 2. The molecule has 5 heteroatoms. The normalized spacial score (nSPS) is 10.0. The predicted octanol–water partition coefficient (Wildman–Crippen LogP) is 4.62. The average molecular weight is 295 g/mol. The lowest BCUT2D eigenvalue weighted by Gasteiger charge is -2.09. The molecule has 0 amide bonds. The summed E-state index contributed by atoms with van der Waals surface area (Å²) >= 11 is 11.8. The molecule has 0 atom stereocenters. The lowest BCUT2D eigenvalue weighted by atomic mass is 10.1. The Morgan fingerprint density at radius 1 is 1.16 bits per heavy atom. The van der Waals surface area contributed by atoms with Gasteiger partial charge in [-0.05, 0) is 35.9 Å². The third kappa shape index (κ3) is 3.37. The first-order valence-corrected chi connectivity index (χ1v) is 6.23. The molecule has 2 aromatic carbocycles. The topological polar surface area (TPSA) is 35.8 Å². The van der Waals surface area contributed by atoms with Gasteiger partial charge < -0.3 is 5.32 Å². The molecular formula is C14H9Cl2FN2. The quantitative estimate of drug-likeness (QED) is 0.897. The highest BCUT2D eigenvalue weighted by Crippen LogP contribution is 2.22. The largest absolute Gasteiger partial charge is 0.379 e. The number of nitrogens with zero attached hydrogens (tertiary/aromatic N) is 1. The van der Waals surface area contributed by atoms with E-state index < -0.39 is 0 Å². The number of rotatable bonds is 3. The van der Waals surface area contributed by atoms with E-state index in [-0.39, 0.29) is 5.82 Å². The number of halogens is 3. The van der Waals surface area contributed by atoms with Crippen LogP contribution >= 0.6 is 23.2 Å². The second kappa shape index (κ2) is 5.92. The molecule has 96 valence electrons. The van der Waals surface area contributed by atoms with Crippen molar-refractivity contribution in [2.45, 2.75) is 6.54 Å². The third-order valence-electron chi connectivity index (χ3n) is 2.58. The molecule has 0 aromatic heterocycles. The fourth-order valence-corrected chi connectivity index (χ4v) is 2.00. The maximum Gasteiger partial charge on any atom is 0.146 e. The van der Waals surface area contributed by atoms with Crippen molar-refractivity contribution in [3.63, 3.8) is 0 Å². The first kappa shape index (κ1) is 13.7. The Balaban J connectivity index is 2.15. The van der Waals surface area contributed by atoms with Gasteiger partial charge in [-0.25, -0.2) is 4.39 Å². The van der Waals surface area contributed by atoms with Crippen LogP contribution in [0.4, 0.5) is 10.1 Å². The minimum Gasteiger partial charge on any atom is -0.379 e. The summed E-state index contributed by atoms with van der Waals surface area (Å²) in [5.74, 6) is -0.380. The SMILES string of the molecule is N#Cc1ccc(CNc2cc(Cl)ccc2F)c(Cl)c1. The van der Waals surface area contributed by atoms with Gasteiger partial charge >= 0.3 is 0 Å². The molecule has 0 fully saturated rings. The highest BCUT2D eigenvalue weighted by molar-refractivity contribution is 6.31. The number of hydrogen-bond donors (Lipinski definition) is 1. The Labute approximate surface area is 120 Å². The van der Waals surface area contributed by atoms with Crippen LogP contribution in [0.25, 0.3) is 0 Å². The van der Waals surface area contributed by atoms with Crippen LogP contribution in [-0.4, -0.2) is 0 Å². The molecule has 1 N–H and O–H groups in total. The van der Waals surface area contributed by atoms with Gasteiger partial charge in [0.1, 0.15) is 5.82 Å². The summed E-state index contributed by atoms with van der Waals surface area (Å²) in [6, 6.07) is 11.3. The van der Waals surface area contributed by atoms with Gasteiger partial charge in [-0.3, -0.25) is 0 Å². The van der Waals surface area contributed by atoms with E-state index in [4.69, 9.17) is 28.5 Å². The Hall–Kier alpha value is -1.76. The lowest BCUT2D eigenvalue weighted by Crippen LogP contribution is -2.02. The maximum absolute atomic E-state index is 13.5. The van der Waals surface area contributed by atoms with Crippen LogP contribution in [0.1, 0.15) is 11.1 Å². The summed E-state index contributed by atoms with van der Waals surface area (Å²) in [5.41, 5.74) is 1.58. The molecule has 0 spiro atoms. The third-order valence-corrected chi connectivity index (χ3v) is 3.17. The summed E-state index contributed by atoms with van der Waals surface area (Å²) in [5, 5.41) is 12.6. The first-order valence-electron chi connectivity index (χ1n) is 5.47. The fraction of sp³-hybridized carbons (Fsp3) is 0.0714. The van der Waals surface area contributed by atoms with Crippen molar-refractivity contribution < 1.29 is 4.39 Å². The molecule has 0 radical (unpaired) electrons. The summed E-state index contributed by atoms with van der Waals surface area (Å²) in [6.45, 7) is 0.349. The highest BCUT2D eigenvalue weighted by atomic mass is 35.5. The van der Waals surface area contributed by atoms with Crippen molar-refractivity contribution in [2.24, 2.45) is 0 Å². The first-order chi connectivity index (χ1) is 9.10. The van der Waals surface area contributed by atoms with Crippen LogP contribution in [0.5, 0.6) is 0 Å². The summed E-state index contributed by atoms with van der Waals surface area (Å²) in [6.07, 6.45) is 0. The van der Waals surface area contributed by atoms with Gasteiger partial charge in [-0.15, -0.1) is 0 Å². The Morgan fingerprint density at radius 3 is 2.63 bits per heavy atom. The molecule has 0 aliphatic heterocycles. The zero-order valence-corrected chi connectivity index (χ0v) is 11.3. The molecule has 0 aliphatic carbocycles. The van der Waals surface area contributed by atoms with Crippen LogP contribution in [0.2, 0.25) is 10.0 Å². The van der Waals surface area contributed by atoms with Crippen molar-refractivity contribution in [1.29, 1.82) is 5.26 Å². The smallest absolute Gasteiger partial charge is 0.146 e. The monoisotopic (exact) mass is 294 g/mol. The summed E-state index contributed by atoms with van der Waals surface area (Å²) < 4.78 is 13.5. The molecule has 0 aliphatic rings. The molecule has 0 saturated heterocycles. The van der Waals surface area contributed by atoms with Gasteiger partial charge in [0.15, 0.2) is 0 Å².